The summed E-state index contributed by atoms with van der Waals surface area (Å²) in [6.45, 7) is 2.12. The first kappa shape index (κ1) is 16.0. The van der Waals surface area contributed by atoms with Gasteiger partial charge in [-0.2, -0.15) is 11.8 Å². The van der Waals surface area contributed by atoms with Gasteiger partial charge in [0.05, 0.1) is 24.4 Å². The predicted octanol–water partition coefficient (Wildman–Crippen LogP) is 5.38. The van der Waals surface area contributed by atoms with Crippen LogP contribution in [0.25, 0.3) is 16.8 Å². The molecule has 0 atom stereocenters. The molecule has 0 amide bonds. The zero-order valence-corrected chi connectivity index (χ0v) is 15.0. The molecule has 0 radical (unpaired) electrons. The molecule has 4 rings (SSSR count). The van der Waals surface area contributed by atoms with E-state index in [-0.39, 0.29) is 0 Å². The van der Waals surface area contributed by atoms with Crippen LogP contribution in [0, 0.1) is 6.92 Å². The Kier molecular flexibility index (Phi) is 4.61. The first-order valence-corrected chi connectivity index (χ1v) is 9.57. The van der Waals surface area contributed by atoms with Gasteiger partial charge in [0.25, 0.3) is 0 Å². The number of rotatable bonds is 6. The van der Waals surface area contributed by atoms with Crippen LogP contribution in [0.5, 0.6) is 0 Å². The summed E-state index contributed by atoms with van der Waals surface area (Å²) >= 11 is 1.95. The lowest BCUT2D eigenvalue weighted by molar-refractivity contribution is 0.568. The van der Waals surface area contributed by atoms with Gasteiger partial charge in [-0.3, -0.25) is 0 Å². The molecule has 0 saturated carbocycles. The Balaban J connectivity index is 1.51. The van der Waals surface area contributed by atoms with Crippen molar-refractivity contribution < 1.29 is 4.42 Å². The molecule has 0 saturated heterocycles. The zero-order valence-electron chi connectivity index (χ0n) is 14.2. The molecular formula is C21H20N2OS. The minimum Gasteiger partial charge on any atom is -0.472 e. The summed E-state index contributed by atoms with van der Waals surface area (Å²) in [6.07, 6.45) is 8.74. The summed E-state index contributed by atoms with van der Waals surface area (Å²) in [5, 5.41) is 0. The Hall–Kier alpha value is -2.46. The molecule has 0 fully saturated rings. The molecule has 3 nitrogen and oxygen atoms in total. The lowest BCUT2D eigenvalue weighted by Crippen LogP contribution is -1.95. The zero-order chi connectivity index (χ0) is 17.1. The van der Waals surface area contributed by atoms with Gasteiger partial charge in [-0.15, -0.1) is 0 Å². The number of imidazole rings is 1. The molecule has 4 heteroatoms. The molecule has 0 aliphatic rings. The van der Waals surface area contributed by atoms with Crippen LogP contribution in [0.15, 0.2) is 71.8 Å². The van der Waals surface area contributed by atoms with E-state index >= 15 is 0 Å². The molecule has 126 valence electrons. The van der Waals surface area contributed by atoms with Crippen molar-refractivity contribution in [1.29, 1.82) is 0 Å². The molecule has 0 N–H and O–H groups in total. The number of furan rings is 1. The number of pyridine rings is 1. The number of benzene rings is 1. The molecule has 3 aromatic heterocycles. The smallest absolute Gasteiger partial charge is 0.144 e. The topological polar surface area (TPSA) is 30.4 Å². The maximum Gasteiger partial charge on any atom is 0.144 e. The number of hydrogen-bond acceptors (Lipinski definition) is 3. The van der Waals surface area contributed by atoms with E-state index in [0.717, 1.165) is 34.7 Å². The van der Waals surface area contributed by atoms with Crippen molar-refractivity contribution in [2.24, 2.45) is 0 Å². The predicted molar refractivity (Wildman–Crippen MR) is 104 cm³/mol. The van der Waals surface area contributed by atoms with Crippen LogP contribution in [0.4, 0.5) is 0 Å². The molecule has 0 bridgehead atoms. The SMILES string of the molecule is Cc1cc(-c2ccoc2)c2ncc(CSCCc3ccccc3)n2c1. The largest absolute Gasteiger partial charge is 0.472 e. The van der Waals surface area contributed by atoms with Crippen molar-refractivity contribution in [3.05, 3.63) is 84.2 Å². The average Bonchev–Trinajstić information content (AvgIpc) is 3.29. The van der Waals surface area contributed by atoms with Crippen LogP contribution in [-0.4, -0.2) is 15.1 Å². The van der Waals surface area contributed by atoms with Crippen molar-refractivity contribution >= 4 is 17.4 Å². The van der Waals surface area contributed by atoms with Gasteiger partial charge < -0.3 is 8.82 Å². The molecule has 25 heavy (non-hydrogen) atoms. The molecule has 0 aliphatic carbocycles. The Morgan fingerprint density at radius 2 is 2.04 bits per heavy atom. The Morgan fingerprint density at radius 1 is 1.16 bits per heavy atom. The normalized spacial score (nSPS) is 11.2. The fourth-order valence-corrected chi connectivity index (χ4v) is 3.97. The van der Waals surface area contributed by atoms with Gasteiger partial charge in [-0.05, 0) is 42.4 Å². The highest BCUT2D eigenvalue weighted by Gasteiger charge is 2.11. The van der Waals surface area contributed by atoms with Gasteiger partial charge in [0.1, 0.15) is 5.65 Å². The molecule has 1 aromatic carbocycles. The minimum absolute atomic E-state index is 0.961. The van der Waals surface area contributed by atoms with Crippen molar-refractivity contribution in [2.75, 3.05) is 5.75 Å². The molecule has 0 aliphatic heterocycles. The van der Waals surface area contributed by atoms with E-state index in [1.165, 1.54) is 16.8 Å². The monoisotopic (exact) mass is 348 g/mol. The quantitative estimate of drug-likeness (QED) is 0.438. The van der Waals surface area contributed by atoms with E-state index in [4.69, 9.17) is 4.42 Å². The van der Waals surface area contributed by atoms with Crippen LogP contribution >= 0.6 is 11.8 Å². The van der Waals surface area contributed by atoms with Gasteiger partial charge >= 0.3 is 0 Å². The summed E-state index contributed by atoms with van der Waals surface area (Å²) in [5.41, 5.74) is 7.03. The average molecular weight is 348 g/mol. The Labute approximate surface area is 151 Å². The number of nitrogens with zero attached hydrogens (tertiary/aromatic N) is 2. The minimum atomic E-state index is 0.961. The summed E-state index contributed by atoms with van der Waals surface area (Å²) in [7, 11) is 0. The number of aromatic nitrogens is 2. The van der Waals surface area contributed by atoms with E-state index in [2.05, 4.69) is 58.9 Å². The Morgan fingerprint density at radius 3 is 2.84 bits per heavy atom. The number of hydrogen-bond donors (Lipinski definition) is 0. The van der Waals surface area contributed by atoms with Crippen LogP contribution in [0.2, 0.25) is 0 Å². The van der Waals surface area contributed by atoms with Crippen LogP contribution in [0.1, 0.15) is 16.8 Å². The van der Waals surface area contributed by atoms with Gasteiger partial charge in [0, 0.05) is 23.1 Å². The third-order valence-corrected chi connectivity index (χ3v) is 5.27. The standard InChI is InChI=1S/C21H20N2OS/c1-16-11-20(18-7-9-24-14-18)21-22-12-19(23(21)13-16)15-25-10-8-17-5-3-2-4-6-17/h2-7,9,11-14H,8,10,15H2,1H3. The van der Waals surface area contributed by atoms with E-state index in [1.807, 2.05) is 24.0 Å². The fourth-order valence-electron chi connectivity index (χ4n) is 3.02. The van der Waals surface area contributed by atoms with Crippen molar-refractivity contribution in [1.82, 2.24) is 9.38 Å². The summed E-state index contributed by atoms with van der Waals surface area (Å²) in [6, 6.07) is 14.8. The third kappa shape index (κ3) is 3.49. The second-order valence-corrected chi connectivity index (χ2v) is 7.28. The number of thioether (sulfide) groups is 1. The lowest BCUT2D eigenvalue weighted by Gasteiger charge is -2.07. The maximum absolute atomic E-state index is 5.24. The maximum atomic E-state index is 5.24. The highest BCUT2D eigenvalue weighted by Crippen LogP contribution is 2.27. The number of fused-ring (bicyclic) bond motifs is 1. The molecule has 0 spiro atoms. The summed E-state index contributed by atoms with van der Waals surface area (Å²) in [4.78, 5) is 4.66. The summed E-state index contributed by atoms with van der Waals surface area (Å²) < 4.78 is 7.46. The highest BCUT2D eigenvalue weighted by molar-refractivity contribution is 7.98. The van der Waals surface area contributed by atoms with Gasteiger partial charge in [0.15, 0.2) is 0 Å². The first-order chi connectivity index (χ1) is 12.3. The van der Waals surface area contributed by atoms with E-state index < -0.39 is 0 Å². The molecular weight excluding hydrogens is 328 g/mol. The van der Waals surface area contributed by atoms with Crippen LogP contribution < -0.4 is 0 Å². The molecule has 3 heterocycles. The van der Waals surface area contributed by atoms with Gasteiger partial charge in [-0.1, -0.05) is 30.3 Å². The summed E-state index contributed by atoms with van der Waals surface area (Å²) in [5.74, 6) is 2.07. The van der Waals surface area contributed by atoms with Gasteiger partial charge in [0.2, 0.25) is 0 Å². The highest BCUT2D eigenvalue weighted by atomic mass is 32.2. The second-order valence-electron chi connectivity index (χ2n) is 6.17. The van der Waals surface area contributed by atoms with E-state index in [0.29, 0.717) is 0 Å². The molecule has 0 unspecified atom stereocenters. The Bertz CT molecular complexity index is 958. The first-order valence-electron chi connectivity index (χ1n) is 8.42. The third-order valence-electron chi connectivity index (χ3n) is 4.28. The number of aryl methyl sites for hydroxylation is 2. The van der Waals surface area contributed by atoms with Gasteiger partial charge in [-0.25, -0.2) is 4.98 Å². The second kappa shape index (κ2) is 7.19. The van der Waals surface area contributed by atoms with Crippen molar-refractivity contribution in [3.63, 3.8) is 0 Å². The van der Waals surface area contributed by atoms with Crippen molar-refractivity contribution in [3.8, 4) is 11.1 Å². The van der Waals surface area contributed by atoms with Crippen LogP contribution in [0.3, 0.4) is 0 Å². The van der Waals surface area contributed by atoms with Crippen molar-refractivity contribution in [2.45, 2.75) is 19.1 Å². The van der Waals surface area contributed by atoms with E-state index in [1.54, 1.807) is 12.5 Å². The molecule has 4 aromatic rings. The lowest BCUT2D eigenvalue weighted by atomic mass is 10.1. The van der Waals surface area contributed by atoms with E-state index in [9.17, 15) is 0 Å². The van der Waals surface area contributed by atoms with Crippen LogP contribution in [-0.2, 0) is 12.2 Å². The fraction of sp³-hybridized carbons (Fsp3) is 0.190.